The molecule has 0 saturated heterocycles. The number of nitrogens with zero attached hydrogens (tertiary/aromatic N) is 2. The Bertz CT molecular complexity index is 1510. The van der Waals surface area contributed by atoms with Gasteiger partial charge in [0.15, 0.2) is 11.6 Å². The van der Waals surface area contributed by atoms with E-state index in [4.69, 9.17) is 21.8 Å². The third-order valence-corrected chi connectivity index (χ3v) is 5.54. The first-order valence-electron chi connectivity index (χ1n) is 11.2. The summed E-state index contributed by atoms with van der Waals surface area (Å²) in [5.41, 5.74) is 7.90. The summed E-state index contributed by atoms with van der Waals surface area (Å²) in [5, 5.41) is 26.3. The van der Waals surface area contributed by atoms with Crippen LogP contribution in [0.2, 0.25) is 5.02 Å². The molecule has 0 fully saturated rings. The predicted octanol–water partition coefficient (Wildman–Crippen LogP) is 5.17. The van der Waals surface area contributed by atoms with Crippen molar-refractivity contribution >= 4 is 34.9 Å². The van der Waals surface area contributed by atoms with Gasteiger partial charge in [-0.2, -0.15) is 5.26 Å². The van der Waals surface area contributed by atoms with Gasteiger partial charge in [-0.25, -0.2) is 4.98 Å². The summed E-state index contributed by atoms with van der Waals surface area (Å²) < 4.78 is 5.16. The van der Waals surface area contributed by atoms with Crippen molar-refractivity contribution in [3.05, 3.63) is 83.3 Å². The number of halogens is 1. The number of phenolic OH excluding ortho intramolecular Hbond substituents is 1. The minimum Gasteiger partial charge on any atom is -0.507 e. The number of benzene rings is 2. The number of pyridine rings is 1. The molecule has 2 aromatic heterocycles. The molecular formula is C27H22ClN5O4. The molecule has 5 N–H and O–H groups in total. The van der Waals surface area contributed by atoms with Gasteiger partial charge < -0.3 is 25.9 Å². The van der Waals surface area contributed by atoms with Gasteiger partial charge in [-0.1, -0.05) is 23.7 Å². The Morgan fingerprint density at radius 1 is 1.14 bits per heavy atom. The largest absolute Gasteiger partial charge is 0.507 e. The number of aromatic nitrogens is 1. The van der Waals surface area contributed by atoms with Crippen LogP contribution in [0.5, 0.6) is 5.75 Å². The highest BCUT2D eigenvalue weighted by Crippen LogP contribution is 2.37. The number of carbonyl (C=O) groups is 2. The highest BCUT2D eigenvalue weighted by Gasteiger charge is 2.20. The van der Waals surface area contributed by atoms with Crippen molar-refractivity contribution in [1.82, 2.24) is 4.98 Å². The van der Waals surface area contributed by atoms with Gasteiger partial charge in [0, 0.05) is 34.3 Å². The van der Waals surface area contributed by atoms with Gasteiger partial charge in [-0.3, -0.25) is 9.59 Å². The van der Waals surface area contributed by atoms with Crippen LogP contribution in [0.25, 0.3) is 22.4 Å². The minimum absolute atomic E-state index is 0.0304. The smallest absolute Gasteiger partial charge is 0.292 e. The van der Waals surface area contributed by atoms with Crippen LogP contribution in [0.15, 0.2) is 71.3 Å². The molecule has 1 atom stereocenters. The summed E-state index contributed by atoms with van der Waals surface area (Å²) in [5.74, 6) is -0.978. The number of amides is 2. The van der Waals surface area contributed by atoms with Crippen molar-refractivity contribution in [2.75, 3.05) is 10.6 Å². The number of hydrogen-bond donors (Lipinski definition) is 4. The number of aromatic hydroxyl groups is 1. The van der Waals surface area contributed by atoms with Crippen LogP contribution in [0.1, 0.15) is 29.5 Å². The highest BCUT2D eigenvalue weighted by molar-refractivity contribution is 6.30. The molecule has 0 aliphatic heterocycles. The molecule has 2 amide bonds. The molecule has 0 aliphatic carbocycles. The average molecular weight is 516 g/mol. The summed E-state index contributed by atoms with van der Waals surface area (Å²) in [7, 11) is 0. The van der Waals surface area contributed by atoms with Crippen molar-refractivity contribution in [2.24, 2.45) is 5.73 Å². The van der Waals surface area contributed by atoms with E-state index in [2.05, 4.69) is 21.7 Å². The zero-order valence-corrected chi connectivity index (χ0v) is 20.4. The summed E-state index contributed by atoms with van der Waals surface area (Å²) in [4.78, 5) is 29.4. The standard InChI is InChI=1S/C27H22ClN5O4/c1-15(30)10-25(35)31-18-5-2-4-16(11-18)20-13-22(19-8-7-17(28)12-23(19)34)32-26(21(20)14-29)33-27(36)24-6-3-9-37-24/h2-9,11-13,15,34H,10,30H2,1H3,(H,31,35)(H,32,33,36). The third kappa shape index (κ3) is 5.95. The van der Waals surface area contributed by atoms with Crippen LogP contribution in [0.4, 0.5) is 11.5 Å². The molecule has 0 saturated carbocycles. The number of rotatable bonds is 7. The quantitative estimate of drug-likeness (QED) is 0.265. The number of nitrogens with two attached hydrogens (primary N) is 1. The van der Waals surface area contributed by atoms with Gasteiger partial charge in [0.2, 0.25) is 5.91 Å². The lowest BCUT2D eigenvalue weighted by atomic mass is 9.97. The summed E-state index contributed by atoms with van der Waals surface area (Å²) >= 11 is 5.99. The molecule has 0 spiro atoms. The number of carbonyl (C=O) groups excluding carboxylic acids is 2. The number of nitriles is 1. The molecular weight excluding hydrogens is 494 g/mol. The van der Waals surface area contributed by atoms with Crippen LogP contribution >= 0.6 is 11.6 Å². The first-order valence-corrected chi connectivity index (χ1v) is 11.6. The Labute approximate surface area is 217 Å². The van der Waals surface area contributed by atoms with Gasteiger partial charge in [-0.05, 0) is 61.0 Å². The normalized spacial score (nSPS) is 11.4. The molecule has 2 aromatic carbocycles. The first-order chi connectivity index (χ1) is 17.7. The summed E-state index contributed by atoms with van der Waals surface area (Å²) in [6, 6.07) is 17.9. The second-order valence-electron chi connectivity index (χ2n) is 8.29. The van der Waals surface area contributed by atoms with Crippen LogP contribution in [-0.4, -0.2) is 27.9 Å². The molecule has 10 heteroatoms. The van der Waals surface area contributed by atoms with Crippen molar-refractivity contribution in [2.45, 2.75) is 19.4 Å². The molecule has 4 aromatic rings. The van der Waals surface area contributed by atoms with Crippen molar-refractivity contribution < 1.29 is 19.1 Å². The monoisotopic (exact) mass is 515 g/mol. The maximum atomic E-state index is 12.7. The van der Waals surface area contributed by atoms with Crippen molar-refractivity contribution in [1.29, 1.82) is 5.26 Å². The van der Waals surface area contributed by atoms with E-state index in [0.29, 0.717) is 27.4 Å². The Kier molecular flexibility index (Phi) is 7.53. The number of phenols is 1. The van der Waals surface area contributed by atoms with Crippen LogP contribution in [-0.2, 0) is 4.79 Å². The SMILES string of the molecule is CC(N)CC(=O)Nc1cccc(-c2cc(-c3ccc(Cl)cc3O)nc(NC(=O)c3ccco3)c2C#N)c1. The van der Waals surface area contributed by atoms with E-state index in [-0.39, 0.29) is 47.0 Å². The van der Waals surface area contributed by atoms with Crippen molar-refractivity contribution in [3.8, 4) is 34.2 Å². The first kappa shape index (κ1) is 25.4. The van der Waals surface area contributed by atoms with Gasteiger partial charge in [-0.15, -0.1) is 0 Å². The molecule has 186 valence electrons. The summed E-state index contributed by atoms with van der Waals surface area (Å²) in [6.07, 6.45) is 1.50. The zero-order valence-electron chi connectivity index (χ0n) is 19.7. The fourth-order valence-electron chi connectivity index (χ4n) is 3.68. The maximum Gasteiger partial charge on any atom is 0.292 e. The molecule has 37 heavy (non-hydrogen) atoms. The van der Waals surface area contributed by atoms with Crippen LogP contribution in [0, 0.1) is 11.3 Å². The van der Waals surface area contributed by atoms with Gasteiger partial charge >= 0.3 is 0 Å². The van der Waals surface area contributed by atoms with Gasteiger partial charge in [0.05, 0.1) is 12.0 Å². The highest BCUT2D eigenvalue weighted by atomic mass is 35.5. The average Bonchev–Trinajstić information content (AvgIpc) is 3.38. The van der Waals surface area contributed by atoms with E-state index >= 15 is 0 Å². The Morgan fingerprint density at radius 2 is 1.95 bits per heavy atom. The molecule has 4 rings (SSSR count). The lowest BCUT2D eigenvalue weighted by Crippen LogP contribution is -2.23. The molecule has 2 heterocycles. The Balaban J connectivity index is 1.84. The lowest BCUT2D eigenvalue weighted by Gasteiger charge is -2.15. The molecule has 1 unspecified atom stereocenters. The fourth-order valence-corrected chi connectivity index (χ4v) is 3.85. The molecule has 9 nitrogen and oxygen atoms in total. The Hall–Kier alpha value is -4.65. The minimum atomic E-state index is -0.602. The van der Waals surface area contributed by atoms with E-state index in [1.807, 2.05) is 0 Å². The molecule has 0 aliphatic rings. The van der Waals surface area contributed by atoms with E-state index in [0.717, 1.165) is 0 Å². The number of nitrogens with one attached hydrogen (secondary N) is 2. The van der Waals surface area contributed by atoms with Crippen molar-refractivity contribution in [3.63, 3.8) is 0 Å². The van der Waals surface area contributed by atoms with Crippen LogP contribution in [0.3, 0.4) is 0 Å². The topological polar surface area (TPSA) is 154 Å². The van der Waals surface area contributed by atoms with Gasteiger partial charge in [0.25, 0.3) is 5.91 Å². The number of furan rings is 1. The lowest BCUT2D eigenvalue weighted by molar-refractivity contribution is -0.116. The Morgan fingerprint density at radius 3 is 2.62 bits per heavy atom. The van der Waals surface area contributed by atoms with Crippen LogP contribution < -0.4 is 16.4 Å². The summed E-state index contributed by atoms with van der Waals surface area (Å²) in [6.45, 7) is 1.73. The predicted molar refractivity (Wildman–Crippen MR) is 140 cm³/mol. The molecule has 0 bridgehead atoms. The van der Waals surface area contributed by atoms with E-state index in [9.17, 15) is 20.0 Å². The van der Waals surface area contributed by atoms with Gasteiger partial charge in [0.1, 0.15) is 17.4 Å². The number of hydrogen-bond acceptors (Lipinski definition) is 7. The van der Waals surface area contributed by atoms with E-state index < -0.39 is 5.91 Å². The molecule has 0 radical (unpaired) electrons. The third-order valence-electron chi connectivity index (χ3n) is 5.31. The van der Waals surface area contributed by atoms with E-state index in [1.54, 1.807) is 55.5 Å². The zero-order chi connectivity index (χ0) is 26.5. The maximum absolute atomic E-state index is 12.7. The second-order valence-corrected chi connectivity index (χ2v) is 8.73. The second kappa shape index (κ2) is 11.0. The number of anilines is 2. The van der Waals surface area contributed by atoms with E-state index in [1.165, 1.54) is 18.4 Å². The fraction of sp³-hybridized carbons (Fsp3) is 0.111.